The van der Waals surface area contributed by atoms with Crippen LogP contribution < -0.4 is 0 Å². The SMILES string of the molecule is c1ccc(-c2ccc3c(c2)c(-c2cccc(-c4ccc(-c5nc(-c6ccccc6)nc(-c6ccccc6)n5)cc4)c2)cc2c4ccccc4oc32)cc1. The largest absolute Gasteiger partial charge is 0.455 e. The van der Waals surface area contributed by atoms with Gasteiger partial charge in [0.05, 0.1) is 0 Å². The van der Waals surface area contributed by atoms with Crippen molar-refractivity contribution in [2.24, 2.45) is 0 Å². The molecule has 0 spiro atoms. The molecule has 2 aromatic heterocycles. The third-order valence-electron chi connectivity index (χ3n) is 9.93. The number of furan rings is 1. The van der Waals surface area contributed by atoms with Crippen molar-refractivity contribution in [3.05, 3.63) is 188 Å². The van der Waals surface area contributed by atoms with Crippen molar-refractivity contribution in [1.29, 1.82) is 0 Å². The Kier molecular flexibility index (Phi) is 7.43. The van der Waals surface area contributed by atoms with Crippen molar-refractivity contribution in [1.82, 2.24) is 15.0 Å². The fourth-order valence-electron chi connectivity index (χ4n) is 7.26. The van der Waals surface area contributed by atoms with Crippen LogP contribution in [0.25, 0.3) is 100 Å². The average molecular weight is 678 g/mol. The molecule has 0 unspecified atom stereocenters. The maximum atomic E-state index is 6.49. The molecular formula is C49H31N3O. The third-order valence-corrected chi connectivity index (χ3v) is 9.93. The standard InChI is InChI=1S/C49H31N3O/c1-4-13-32(14-5-1)38-27-28-41-43(30-38)42(31-44-40-21-10-11-22-45(40)53-46(41)44)39-20-12-19-37(29-39)33-23-25-36(26-24-33)49-51-47(34-15-6-2-7-16-34)50-48(52-49)35-17-8-3-9-18-35/h1-31H. The first-order valence-electron chi connectivity index (χ1n) is 17.8. The Balaban J connectivity index is 1.08. The van der Waals surface area contributed by atoms with E-state index in [0.717, 1.165) is 66.1 Å². The summed E-state index contributed by atoms with van der Waals surface area (Å²) in [6.45, 7) is 0. The number of aromatic nitrogens is 3. The summed E-state index contributed by atoms with van der Waals surface area (Å²) in [5.74, 6) is 1.94. The van der Waals surface area contributed by atoms with Crippen LogP contribution in [0.4, 0.5) is 0 Å². The number of nitrogens with zero attached hydrogens (tertiary/aromatic N) is 3. The lowest BCUT2D eigenvalue weighted by Crippen LogP contribution is -2.00. The molecule has 0 fully saturated rings. The topological polar surface area (TPSA) is 51.8 Å². The molecule has 0 aliphatic heterocycles. The Morgan fingerprint density at radius 1 is 0.283 bits per heavy atom. The minimum absolute atomic E-state index is 0.638. The second-order valence-corrected chi connectivity index (χ2v) is 13.2. The van der Waals surface area contributed by atoms with Gasteiger partial charge in [-0.1, -0.05) is 158 Å². The van der Waals surface area contributed by atoms with E-state index in [1.54, 1.807) is 0 Å². The number of hydrogen-bond acceptors (Lipinski definition) is 4. The summed E-state index contributed by atoms with van der Waals surface area (Å²) in [5.41, 5.74) is 11.6. The number of para-hydroxylation sites is 1. The maximum absolute atomic E-state index is 6.49. The highest BCUT2D eigenvalue weighted by molar-refractivity contribution is 6.19. The van der Waals surface area contributed by atoms with Gasteiger partial charge in [0.25, 0.3) is 0 Å². The van der Waals surface area contributed by atoms with Gasteiger partial charge in [-0.25, -0.2) is 15.0 Å². The summed E-state index contributed by atoms with van der Waals surface area (Å²) < 4.78 is 6.49. The van der Waals surface area contributed by atoms with Crippen molar-refractivity contribution in [3.63, 3.8) is 0 Å². The van der Waals surface area contributed by atoms with E-state index < -0.39 is 0 Å². The van der Waals surface area contributed by atoms with Crippen LogP contribution in [0, 0.1) is 0 Å². The second-order valence-electron chi connectivity index (χ2n) is 13.2. The van der Waals surface area contributed by atoms with Gasteiger partial charge in [-0.2, -0.15) is 0 Å². The number of hydrogen-bond donors (Lipinski definition) is 0. The highest BCUT2D eigenvalue weighted by Crippen LogP contribution is 2.42. The normalized spacial score (nSPS) is 11.4. The molecule has 0 saturated heterocycles. The first-order chi connectivity index (χ1) is 26.2. The van der Waals surface area contributed by atoms with Gasteiger partial charge >= 0.3 is 0 Å². The smallest absolute Gasteiger partial charge is 0.164 e. The van der Waals surface area contributed by atoms with E-state index in [4.69, 9.17) is 19.4 Å². The van der Waals surface area contributed by atoms with E-state index in [2.05, 4.69) is 115 Å². The van der Waals surface area contributed by atoms with Gasteiger partial charge in [0, 0.05) is 32.8 Å². The van der Waals surface area contributed by atoms with Gasteiger partial charge < -0.3 is 4.42 Å². The molecule has 4 nitrogen and oxygen atoms in total. The second kappa shape index (κ2) is 12.9. The Morgan fingerprint density at radius 3 is 1.42 bits per heavy atom. The van der Waals surface area contributed by atoms with Gasteiger partial charge in [0.15, 0.2) is 17.5 Å². The molecule has 0 N–H and O–H groups in total. The zero-order valence-electron chi connectivity index (χ0n) is 28.6. The minimum Gasteiger partial charge on any atom is -0.455 e. The van der Waals surface area contributed by atoms with Gasteiger partial charge in [-0.3, -0.25) is 0 Å². The molecule has 0 amide bonds. The molecule has 0 aliphatic rings. The van der Waals surface area contributed by atoms with Crippen molar-refractivity contribution in [3.8, 4) is 67.5 Å². The summed E-state index contributed by atoms with van der Waals surface area (Å²) in [4.78, 5) is 14.7. The van der Waals surface area contributed by atoms with E-state index in [1.165, 1.54) is 16.7 Å². The summed E-state index contributed by atoms with van der Waals surface area (Å²) in [5, 5.41) is 4.50. The van der Waals surface area contributed by atoms with Gasteiger partial charge in [-0.15, -0.1) is 0 Å². The van der Waals surface area contributed by atoms with Crippen molar-refractivity contribution in [2.45, 2.75) is 0 Å². The predicted molar refractivity (Wildman–Crippen MR) is 217 cm³/mol. The van der Waals surface area contributed by atoms with Crippen LogP contribution in [-0.4, -0.2) is 15.0 Å². The molecule has 0 saturated carbocycles. The molecule has 0 atom stereocenters. The third kappa shape index (κ3) is 5.63. The Hall–Kier alpha value is -7.17. The summed E-state index contributed by atoms with van der Waals surface area (Å²) >= 11 is 0. The summed E-state index contributed by atoms with van der Waals surface area (Å²) in [6.07, 6.45) is 0. The van der Waals surface area contributed by atoms with Crippen LogP contribution in [0.2, 0.25) is 0 Å². The van der Waals surface area contributed by atoms with Crippen LogP contribution >= 0.6 is 0 Å². The van der Waals surface area contributed by atoms with E-state index in [-0.39, 0.29) is 0 Å². The molecule has 0 radical (unpaired) electrons. The lowest BCUT2D eigenvalue weighted by atomic mass is 9.91. The van der Waals surface area contributed by atoms with Gasteiger partial charge in [0.1, 0.15) is 11.2 Å². The van der Waals surface area contributed by atoms with Crippen molar-refractivity contribution >= 4 is 32.7 Å². The first-order valence-corrected chi connectivity index (χ1v) is 17.8. The van der Waals surface area contributed by atoms with E-state index in [1.807, 2.05) is 72.8 Å². The molecule has 4 heteroatoms. The zero-order chi connectivity index (χ0) is 35.1. The molecule has 10 rings (SSSR count). The summed E-state index contributed by atoms with van der Waals surface area (Å²) in [7, 11) is 0. The summed E-state index contributed by atoms with van der Waals surface area (Å²) in [6, 6.07) is 65.3. The van der Waals surface area contributed by atoms with Gasteiger partial charge in [0.2, 0.25) is 0 Å². The first kappa shape index (κ1) is 30.6. The van der Waals surface area contributed by atoms with Crippen LogP contribution in [0.5, 0.6) is 0 Å². The van der Waals surface area contributed by atoms with E-state index >= 15 is 0 Å². The van der Waals surface area contributed by atoms with Crippen LogP contribution in [0.3, 0.4) is 0 Å². The number of benzene rings is 8. The minimum atomic E-state index is 0.638. The predicted octanol–water partition coefficient (Wildman–Crippen LogP) is 12.9. The monoisotopic (exact) mass is 677 g/mol. The van der Waals surface area contributed by atoms with Crippen LogP contribution in [0.15, 0.2) is 192 Å². The molecular weight excluding hydrogens is 647 g/mol. The Bertz CT molecular complexity index is 2860. The highest BCUT2D eigenvalue weighted by Gasteiger charge is 2.17. The Labute approximate surface area is 306 Å². The lowest BCUT2D eigenvalue weighted by molar-refractivity contribution is 0.672. The van der Waals surface area contributed by atoms with E-state index in [0.29, 0.717) is 17.5 Å². The lowest BCUT2D eigenvalue weighted by Gasteiger charge is -2.12. The maximum Gasteiger partial charge on any atom is 0.164 e. The number of fused-ring (bicyclic) bond motifs is 5. The Morgan fingerprint density at radius 2 is 0.755 bits per heavy atom. The fraction of sp³-hybridized carbons (Fsp3) is 0. The quantitative estimate of drug-likeness (QED) is 0.176. The highest BCUT2D eigenvalue weighted by atomic mass is 16.3. The zero-order valence-corrected chi connectivity index (χ0v) is 28.6. The molecule has 10 aromatic rings. The average Bonchev–Trinajstić information content (AvgIpc) is 3.63. The van der Waals surface area contributed by atoms with Gasteiger partial charge in [-0.05, 0) is 69.1 Å². The molecule has 0 bridgehead atoms. The fourth-order valence-corrected chi connectivity index (χ4v) is 7.26. The van der Waals surface area contributed by atoms with Crippen LogP contribution in [0.1, 0.15) is 0 Å². The van der Waals surface area contributed by atoms with Crippen molar-refractivity contribution in [2.75, 3.05) is 0 Å². The molecule has 2 heterocycles. The molecule has 8 aromatic carbocycles. The number of rotatable bonds is 6. The van der Waals surface area contributed by atoms with Crippen molar-refractivity contribution < 1.29 is 4.42 Å². The molecule has 248 valence electrons. The van der Waals surface area contributed by atoms with Crippen LogP contribution in [-0.2, 0) is 0 Å². The van der Waals surface area contributed by atoms with E-state index in [9.17, 15) is 0 Å². The molecule has 53 heavy (non-hydrogen) atoms. The molecule has 0 aliphatic carbocycles.